The van der Waals surface area contributed by atoms with E-state index in [-0.39, 0.29) is 5.41 Å². The molecule has 1 atom stereocenters. The topological polar surface area (TPSA) is 46.2 Å². The third kappa shape index (κ3) is 2.16. The molecule has 0 aliphatic carbocycles. The second kappa shape index (κ2) is 4.07. The predicted molar refractivity (Wildman–Crippen MR) is 70.1 cm³/mol. The Balaban J connectivity index is 1.78. The second-order valence-electron chi connectivity index (χ2n) is 5.32. The van der Waals surface area contributed by atoms with Crippen molar-refractivity contribution in [2.24, 2.45) is 11.3 Å². The number of hydrogen-bond donors (Lipinski definition) is 1. The van der Waals surface area contributed by atoms with Crippen molar-refractivity contribution in [3.63, 3.8) is 0 Å². The van der Waals surface area contributed by atoms with Gasteiger partial charge in [-0.1, -0.05) is 6.07 Å². The van der Waals surface area contributed by atoms with E-state index < -0.39 is 9.84 Å². The van der Waals surface area contributed by atoms with Gasteiger partial charge in [0.05, 0.1) is 11.5 Å². The highest BCUT2D eigenvalue weighted by molar-refractivity contribution is 7.91. The molecular weight excluding hydrogens is 254 g/mol. The number of sulfone groups is 1. The highest BCUT2D eigenvalue weighted by Gasteiger charge is 2.48. The summed E-state index contributed by atoms with van der Waals surface area (Å²) in [6.45, 7) is 1.95. The molecule has 3 nitrogen and oxygen atoms in total. The quantitative estimate of drug-likeness (QED) is 0.902. The Morgan fingerprint density at radius 3 is 2.76 bits per heavy atom. The summed E-state index contributed by atoms with van der Waals surface area (Å²) in [7, 11) is -2.76. The molecule has 0 bridgehead atoms. The maximum Gasteiger partial charge on any atom is 0.150 e. The normalized spacial score (nSPS) is 30.0. The number of nitrogens with one attached hydrogen (secondary N) is 1. The predicted octanol–water partition coefficient (Wildman–Crippen LogP) is 1.31. The van der Waals surface area contributed by atoms with E-state index in [2.05, 4.69) is 22.8 Å². The Labute approximate surface area is 106 Å². The van der Waals surface area contributed by atoms with Crippen molar-refractivity contribution in [3.05, 3.63) is 22.4 Å². The lowest BCUT2D eigenvalue weighted by Gasteiger charge is -2.47. The van der Waals surface area contributed by atoms with E-state index in [1.807, 2.05) is 0 Å². The van der Waals surface area contributed by atoms with Gasteiger partial charge in [0.2, 0.25) is 0 Å². The summed E-state index contributed by atoms with van der Waals surface area (Å²) in [5.74, 6) is 1.15. The van der Waals surface area contributed by atoms with Gasteiger partial charge in [-0.15, -0.1) is 11.3 Å². The average molecular weight is 271 g/mol. The molecule has 0 amide bonds. The minimum Gasteiger partial charge on any atom is -0.315 e. The van der Waals surface area contributed by atoms with Crippen LogP contribution in [0.4, 0.5) is 0 Å². The van der Waals surface area contributed by atoms with Crippen LogP contribution in [0.2, 0.25) is 0 Å². The molecule has 1 N–H and O–H groups in total. The first-order valence-corrected chi connectivity index (χ1v) is 8.73. The summed E-state index contributed by atoms with van der Waals surface area (Å²) in [5, 5.41) is 5.43. The highest BCUT2D eigenvalue weighted by atomic mass is 32.2. The van der Waals surface area contributed by atoms with Crippen molar-refractivity contribution in [3.8, 4) is 0 Å². The molecule has 0 spiro atoms. The smallest absolute Gasteiger partial charge is 0.150 e. The van der Waals surface area contributed by atoms with Gasteiger partial charge in [-0.3, -0.25) is 0 Å². The summed E-state index contributed by atoms with van der Waals surface area (Å²) in [6.07, 6.45) is 1.90. The first-order valence-electron chi connectivity index (χ1n) is 6.03. The summed E-state index contributed by atoms with van der Waals surface area (Å²) in [5.41, 5.74) is 0.203. The third-order valence-electron chi connectivity index (χ3n) is 4.16. The van der Waals surface area contributed by atoms with E-state index in [0.717, 1.165) is 25.9 Å². The monoisotopic (exact) mass is 271 g/mol. The molecule has 0 radical (unpaired) electrons. The highest BCUT2D eigenvalue weighted by Crippen LogP contribution is 2.42. The fourth-order valence-corrected chi connectivity index (χ4v) is 5.85. The van der Waals surface area contributed by atoms with E-state index in [4.69, 9.17) is 0 Å². The van der Waals surface area contributed by atoms with Crippen LogP contribution in [0.3, 0.4) is 0 Å². The Hall–Kier alpha value is -0.390. The minimum atomic E-state index is -2.76. The molecule has 1 unspecified atom stereocenters. The van der Waals surface area contributed by atoms with Crippen LogP contribution in [0, 0.1) is 11.3 Å². The van der Waals surface area contributed by atoms with Crippen molar-refractivity contribution in [1.29, 1.82) is 0 Å². The molecule has 3 rings (SSSR count). The van der Waals surface area contributed by atoms with Gasteiger partial charge in [0.1, 0.15) is 0 Å². The third-order valence-corrected chi connectivity index (χ3v) is 6.80. The average Bonchev–Trinajstić information content (AvgIpc) is 2.81. The van der Waals surface area contributed by atoms with E-state index >= 15 is 0 Å². The van der Waals surface area contributed by atoms with Crippen LogP contribution in [0.15, 0.2) is 17.5 Å². The number of hydrogen-bond acceptors (Lipinski definition) is 4. The molecule has 2 fully saturated rings. The van der Waals surface area contributed by atoms with Gasteiger partial charge in [-0.2, -0.15) is 0 Å². The molecule has 2 saturated heterocycles. The zero-order chi connectivity index (χ0) is 11.9. The van der Waals surface area contributed by atoms with Crippen molar-refractivity contribution < 1.29 is 8.42 Å². The molecule has 94 valence electrons. The van der Waals surface area contributed by atoms with Crippen LogP contribution < -0.4 is 5.32 Å². The first-order chi connectivity index (χ1) is 8.10. The Morgan fingerprint density at radius 2 is 2.29 bits per heavy atom. The van der Waals surface area contributed by atoms with Crippen LogP contribution in [0.25, 0.3) is 0 Å². The van der Waals surface area contributed by atoms with Gasteiger partial charge in [-0.25, -0.2) is 8.42 Å². The van der Waals surface area contributed by atoms with Crippen LogP contribution in [-0.2, 0) is 16.3 Å². The fourth-order valence-electron chi connectivity index (χ4n) is 3.04. The van der Waals surface area contributed by atoms with Crippen molar-refractivity contribution >= 4 is 21.2 Å². The van der Waals surface area contributed by atoms with E-state index in [0.29, 0.717) is 17.4 Å². The molecule has 0 saturated carbocycles. The lowest BCUT2D eigenvalue weighted by Crippen LogP contribution is -2.59. The molecule has 5 heteroatoms. The van der Waals surface area contributed by atoms with Gasteiger partial charge in [0, 0.05) is 23.4 Å². The number of rotatable bonds is 3. The van der Waals surface area contributed by atoms with Crippen molar-refractivity contribution in [2.75, 3.05) is 24.6 Å². The van der Waals surface area contributed by atoms with Crippen LogP contribution in [0.1, 0.15) is 11.3 Å². The maximum atomic E-state index is 11.6. The Morgan fingerprint density at radius 1 is 1.47 bits per heavy atom. The molecule has 0 aromatic carbocycles. The zero-order valence-corrected chi connectivity index (χ0v) is 11.3. The Bertz CT molecular complexity index is 489. The van der Waals surface area contributed by atoms with E-state index in [1.165, 1.54) is 4.88 Å². The SMILES string of the molecule is O=S1(=O)CCC(C2(Cc3cccs3)CNC2)C1. The number of thiophene rings is 1. The van der Waals surface area contributed by atoms with Crippen molar-refractivity contribution in [1.82, 2.24) is 5.32 Å². The summed E-state index contributed by atoms with van der Waals surface area (Å²) in [4.78, 5) is 1.38. The fraction of sp³-hybridized carbons (Fsp3) is 0.667. The minimum absolute atomic E-state index is 0.203. The first kappa shape index (κ1) is 11.7. The van der Waals surface area contributed by atoms with Gasteiger partial charge >= 0.3 is 0 Å². The molecule has 1 aromatic rings. The standard InChI is InChI=1S/C12H17NO2S2/c14-17(15)5-3-10(7-17)12(8-13-9-12)6-11-2-1-4-16-11/h1-2,4,10,13H,3,5-9H2. The lowest BCUT2D eigenvalue weighted by molar-refractivity contribution is 0.0935. The maximum absolute atomic E-state index is 11.6. The molecule has 2 aliphatic rings. The molecule has 2 aliphatic heterocycles. The van der Waals surface area contributed by atoms with Crippen LogP contribution >= 0.6 is 11.3 Å². The van der Waals surface area contributed by atoms with Crippen LogP contribution in [-0.4, -0.2) is 33.0 Å². The van der Waals surface area contributed by atoms with Gasteiger partial charge < -0.3 is 5.32 Å². The van der Waals surface area contributed by atoms with Gasteiger partial charge in [0.25, 0.3) is 0 Å². The van der Waals surface area contributed by atoms with E-state index in [1.54, 1.807) is 11.3 Å². The van der Waals surface area contributed by atoms with Gasteiger partial charge in [0.15, 0.2) is 9.84 Å². The van der Waals surface area contributed by atoms with Crippen LogP contribution in [0.5, 0.6) is 0 Å². The zero-order valence-electron chi connectivity index (χ0n) is 9.69. The molecule has 3 heterocycles. The van der Waals surface area contributed by atoms with Crippen molar-refractivity contribution in [2.45, 2.75) is 12.8 Å². The summed E-state index contributed by atoms with van der Waals surface area (Å²) < 4.78 is 23.2. The second-order valence-corrected chi connectivity index (χ2v) is 8.58. The van der Waals surface area contributed by atoms with Gasteiger partial charge in [-0.05, 0) is 30.2 Å². The summed E-state index contributed by atoms with van der Waals surface area (Å²) >= 11 is 1.78. The summed E-state index contributed by atoms with van der Waals surface area (Å²) in [6, 6.07) is 4.24. The Kier molecular flexibility index (Phi) is 2.80. The molecular formula is C12H17NO2S2. The molecule has 1 aromatic heterocycles. The van der Waals surface area contributed by atoms with E-state index in [9.17, 15) is 8.42 Å². The largest absolute Gasteiger partial charge is 0.315 e. The molecule has 17 heavy (non-hydrogen) atoms. The lowest BCUT2D eigenvalue weighted by atomic mass is 9.68.